The van der Waals surface area contributed by atoms with Gasteiger partial charge in [-0.25, -0.2) is 0 Å². The molecule has 0 unspecified atom stereocenters. The van der Waals surface area contributed by atoms with Gasteiger partial charge in [0.25, 0.3) is 0 Å². The Hall–Kier alpha value is -4.20. The van der Waals surface area contributed by atoms with Gasteiger partial charge in [-0.2, -0.15) is 0 Å². The summed E-state index contributed by atoms with van der Waals surface area (Å²) < 4.78 is 0. The van der Waals surface area contributed by atoms with Crippen molar-refractivity contribution in [2.24, 2.45) is 11.5 Å². The van der Waals surface area contributed by atoms with Crippen LogP contribution < -0.4 is 22.1 Å². The molecule has 3 aromatic rings. The van der Waals surface area contributed by atoms with E-state index in [4.69, 9.17) is 11.5 Å². The number of phenols is 2. The second kappa shape index (κ2) is 7.58. The summed E-state index contributed by atoms with van der Waals surface area (Å²) in [4.78, 5) is 23.6. The van der Waals surface area contributed by atoms with E-state index < -0.39 is 11.8 Å². The number of para-hydroxylation sites is 4. The molecule has 0 aliphatic heterocycles. The third-order valence-corrected chi connectivity index (χ3v) is 4.04. The summed E-state index contributed by atoms with van der Waals surface area (Å²) in [5, 5.41) is 26.0. The molecule has 0 saturated carbocycles. The molecule has 0 atom stereocenters. The fourth-order valence-corrected chi connectivity index (χ4v) is 2.66. The molecule has 0 heterocycles. The molecule has 8 heteroatoms. The van der Waals surface area contributed by atoms with E-state index in [1.165, 1.54) is 24.3 Å². The molecule has 8 nitrogen and oxygen atoms in total. The van der Waals surface area contributed by atoms with E-state index >= 15 is 0 Å². The monoisotopic (exact) mass is 378 g/mol. The van der Waals surface area contributed by atoms with Crippen molar-refractivity contribution in [3.63, 3.8) is 0 Å². The summed E-state index contributed by atoms with van der Waals surface area (Å²) in [6, 6.07) is 15.7. The van der Waals surface area contributed by atoms with Crippen molar-refractivity contribution in [1.29, 1.82) is 0 Å². The number of hydrogen-bond donors (Lipinski definition) is 6. The number of nitrogens with one attached hydrogen (secondary N) is 2. The summed E-state index contributed by atoms with van der Waals surface area (Å²) >= 11 is 0. The van der Waals surface area contributed by atoms with Gasteiger partial charge in [0.1, 0.15) is 11.5 Å². The first kappa shape index (κ1) is 18.6. The van der Waals surface area contributed by atoms with Crippen LogP contribution in [0.5, 0.6) is 11.5 Å². The van der Waals surface area contributed by atoms with E-state index in [-0.39, 0.29) is 22.6 Å². The molecular weight excluding hydrogens is 360 g/mol. The van der Waals surface area contributed by atoms with Gasteiger partial charge in [0.2, 0.25) is 11.8 Å². The highest BCUT2D eigenvalue weighted by Gasteiger charge is 2.18. The molecule has 0 aliphatic carbocycles. The minimum atomic E-state index is -0.830. The van der Waals surface area contributed by atoms with Gasteiger partial charge in [-0.3, -0.25) is 9.59 Å². The number of rotatable bonds is 6. The standard InChI is InChI=1S/C20H18N4O4/c21-19(27)11-9-15(23-13-5-1-3-7-17(13)25)16(10-12(11)20(22)28)24-14-6-2-4-8-18(14)26/h1-10,23-26H,(H2,21,27)(H2,22,28). The van der Waals surface area contributed by atoms with Gasteiger partial charge in [0.15, 0.2) is 0 Å². The highest BCUT2D eigenvalue weighted by molar-refractivity contribution is 6.08. The number of anilines is 4. The van der Waals surface area contributed by atoms with Crippen LogP contribution in [0.1, 0.15) is 20.7 Å². The van der Waals surface area contributed by atoms with Crippen molar-refractivity contribution < 1.29 is 19.8 Å². The van der Waals surface area contributed by atoms with Crippen molar-refractivity contribution >= 4 is 34.6 Å². The van der Waals surface area contributed by atoms with Gasteiger partial charge >= 0.3 is 0 Å². The minimum Gasteiger partial charge on any atom is -0.506 e. The van der Waals surface area contributed by atoms with Crippen molar-refractivity contribution in [3.8, 4) is 11.5 Å². The Balaban J connectivity index is 2.15. The Kier molecular flexibility index (Phi) is 5.03. The molecule has 8 N–H and O–H groups in total. The number of aromatic hydroxyl groups is 2. The zero-order chi connectivity index (χ0) is 20.3. The fourth-order valence-electron chi connectivity index (χ4n) is 2.66. The van der Waals surface area contributed by atoms with Gasteiger partial charge < -0.3 is 32.3 Å². The van der Waals surface area contributed by atoms with Crippen molar-refractivity contribution in [2.75, 3.05) is 10.6 Å². The number of phenolic OH excluding ortho intramolecular Hbond substituents is 2. The maximum atomic E-state index is 11.8. The molecule has 0 bridgehead atoms. The number of primary amides is 2. The topological polar surface area (TPSA) is 151 Å². The average Bonchev–Trinajstić information content (AvgIpc) is 2.66. The molecule has 0 radical (unpaired) electrons. The summed E-state index contributed by atoms with van der Waals surface area (Å²) in [5.74, 6) is -1.70. The predicted octanol–water partition coefficient (Wildman–Crippen LogP) is 2.78. The third kappa shape index (κ3) is 3.80. The van der Waals surface area contributed by atoms with E-state index in [1.54, 1.807) is 36.4 Å². The van der Waals surface area contributed by atoms with E-state index in [1.807, 2.05) is 0 Å². The summed E-state index contributed by atoms with van der Waals surface area (Å²) in [7, 11) is 0. The molecule has 28 heavy (non-hydrogen) atoms. The summed E-state index contributed by atoms with van der Waals surface area (Å²) in [6.07, 6.45) is 0. The van der Waals surface area contributed by atoms with Crippen molar-refractivity contribution in [1.82, 2.24) is 0 Å². The molecule has 2 amide bonds. The molecule has 142 valence electrons. The lowest BCUT2D eigenvalue weighted by Gasteiger charge is -2.18. The van der Waals surface area contributed by atoms with E-state index in [2.05, 4.69) is 10.6 Å². The number of benzene rings is 3. The normalized spacial score (nSPS) is 10.3. The van der Waals surface area contributed by atoms with Gasteiger partial charge in [-0.1, -0.05) is 24.3 Å². The molecule has 0 fully saturated rings. The van der Waals surface area contributed by atoms with Crippen molar-refractivity contribution in [3.05, 3.63) is 71.8 Å². The van der Waals surface area contributed by atoms with Crippen LogP contribution in [-0.4, -0.2) is 22.0 Å². The quantitative estimate of drug-likeness (QED) is 0.363. The van der Waals surface area contributed by atoms with Gasteiger partial charge in [-0.15, -0.1) is 0 Å². The summed E-state index contributed by atoms with van der Waals surface area (Å²) in [5.41, 5.74) is 12.0. The Morgan fingerprint density at radius 1 is 0.643 bits per heavy atom. The number of carbonyl (C=O) groups excluding carboxylic acids is 2. The zero-order valence-electron chi connectivity index (χ0n) is 14.6. The summed E-state index contributed by atoms with van der Waals surface area (Å²) in [6.45, 7) is 0. The van der Waals surface area contributed by atoms with Crippen LogP contribution in [0.25, 0.3) is 0 Å². The Morgan fingerprint density at radius 3 is 1.32 bits per heavy atom. The second-order valence-electron chi connectivity index (χ2n) is 5.96. The molecular formula is C20H18N4O4. The largest absolute Gasteiger partial charge is 0.506 e. The highest BCUT2D eigenvalue weighted by Crippen LogP contribution is 2.36. The molecule has 3 rings (SSSR count). The van der Waals surface area contributed by atoms with E-state index in [0.717, 1.165) is 0 Å². The van der Waals surface area contributed by atoms with Crippen LogP contribution in [0.2, 0.25) is 0 Å². The predicted molar refractivity (Wildman–Crippen MR) is 106 cm³/mol. The number of nitrogens with two attached hydrogens (primary N) is 2. The second-order valence-corrected chi connectivity index (χ2v) is 5.96. The fraction of sp³-hybridized carbons (Fsp3) is 0. The van der Waals surface area contributed by atoms with Gasteiger partial charge in [0.05, 0.1) is 33.9 Å². The average molecular weight is 378 g/mol. The molecule has 3 aromatic carbocycles. The van der Waals surface area contributed by atoms with Crippen LogP contribution in [0.4, 0.5) is 22.7 Å². The van der Waals surface area contributed by atoms with Crippen molar-refractivity contribution in [2.45, 2.75) is 0 Å². The smallest absolute Gasteiger partial charge is 0.249 e. The molecule has 0 aromatic heterocycles. The highest BCUT2D eigenvalue weighted by atomic mass is 16.3. The Labute approximate surface area is 160 Å². The number of carbonyl (C=O) groups is 2. The lowest BCUT2D eigenvalue weighted by atomic mass is 10.0. The first-order valence-electron chi connectivity index (χ1n) is 8.24. The molecule has 0 aliphatic rings. The third-order valence-electron chi connectivity index (χ3n) is 4.04. The lowest BCUT2D eigenvalue weighted by molar-refractivity contribution is 0.0967. The van der Waals surface area contributed by atoms with Gasteiger partial charge in [0, 0.05) is 0 Å². The first-order chi connectivity index (χ1) is 13.4. The van der Waals surface area contributed by atoms with E-state index in [0.29, 0.717) is 22.7 Å². The molecule has 0 spiro atoms. The first-order valence-corrected chi connectivity index (χ1v) is 8.24. The lowest BCUT2D eigenvalue weighted by Crippen LogP contribution is -2.21. The number of hydrogen-bond acceptors (Lipinski definition) is 6. The maximum absolute atomic E-state index is 11.8. The van der Waals surface area contributed by atoms with Crippen LogP contribution in [-0.2, 0) is 0 Å². The number of amides is 2. The van der Waals surface area contributed by atoms with Crippen LogP contribution in [0.15, 0.2) is 60.7 Å². The Morgan fingerprint density at radius 2 is 1.00 bits per heavy atom. The SMILES string of the molecule is NC(=O)c1cc(Nc2ccccc2O)c(Nc2ccccc2O)cc1C(N)=O. The van der Waals surface area contributed by atoms with Gasteiger partial charge in [-0.05, 0) is 36.4 Å². The van der Waals surface area contributed by atoms with Crippen LogP contribution in [0, 0.1) is 0 Å². The van der Waals surface area contributed by atoms with Crippen LogP contribution >= 0.6 is 0 Å². The van der Waals surface area contributed by atoms with E-state index in [9.17, 15) is 19.8 Å². The Bertz CT molecular complexity index is 981. The molecule has 0 saturated heterocycles. The maximum Gasteiger partial charge on any atom is 0.249 e. The zero-order valence-corrected chi connectivity index (χ0v) is 14.6. The van der Waals surface area contributed by atoms with Crippen LogP contribution in [0.3, 0.4) is 0 Å². The minimum absolute atomic E-state index is 0.0180.